The average Bonchev–Trinajstić information content (AvgIpc) is 2.29. The first kappa shape index (κ1) is 12.5. The van der Waals surface area contributed by atoms with E-state index >= 15 is 0 Å². The van der Waals surface area contributed by atoms with Crippen molar-refractivity contribution in [2.24, 2.45) is 5.92 Å². The van der Waals surface area contributed by atoms with Crippen LogP contribution in [-0.4, -0.2) is 23.3 Å². The zero-order valence-corrected chi connectivity index (χ0v) is 9.79. The van der Waals surface area contributed by atoms with Crippen LogP contribution in [0.4, 0.5) is 0 Å². The van der Waals surface area contributed by atoms with Crippen LogP contribution in [0.1, 0.15) is 52.4 Å². The Labute approximate surface area is 91.8 Å². The Morgan fingerprint density at radius 2 is 2.20 bits per heavy atom. The maximum absolute atomic E-state index is 11.3. The maximum atomic E-state index is 11.3. The molecule has 0 amide bonds. The van der Waals surface area contributed by atoms with Crippen LogP contribution in [0.3, 0.4) is 0 Å². The van der Waals surface area contributed by atoms with E-state index in [1.165, 1.54) is 0 Å². The first-order chi connectivity index (χ1) is 7.06. The van der Waals surface area contributed by atoms with E-state index in [0.29, 0.717) is 12.5 Å². The molecule has 88 valence electrons. The molecule has 3 nitrogen and oxygen atoms in total. The maximum Gasteiger partial charge on any atom is 0.308 e. The number of rotatable bonds is 3. The Hall–Kier alpha value is -0.570. The highest BCUT2D eigenvalue weighted by molar-refractivity contribution is 5.70. The Bertz CT molecular complexity index is 215. The van der Waals surface area contributed by atoms with Crippen LogP contribution in [0.2, 0.25) is 0 Å². The molecule has 1 rings (SSSR count). The molecule has 0 bridgehead atoms. The first-order valence-corrected chi connectivity index (χ1v) is 5.94. The van der Waals surface area contributed by atoms with Gasteiger partial charge in [-0.05, 0) is 32.1 Å². The number of carbonyl (C=O) groups excluding carboxylic acids is 1. The van der Waals surface area contributed by atoms with Crippen molar-refractivity contribution in [3.8, 4) is 0 Å². The summed E-state index contributed by atoms with van der Waals surface area (Å²) in [5.41, 5.74) is -0.809. The largest absolute Gasteiger partial charge is 0.466 e. The summed E-state index contributed by atoms with van der Waals surface area (Å²) in [5.74, 6) is 0.399. The fourth-order valence-corrected chi connectivity index (χ4v) is 2.22. The topological polar surface area (TPSA) is 46.5 Å². The molecule has 2 atom stereocenters. The zero-order chi connectivity index (χ0) is 11.3. The van der Waals surface area contributed by atoms with Gasteiger partial charge in [-0.25, -0.2) is 0 Å². The van der Waals surface area contributed by atoms with Gasteiger partial charge >= 0.3 is 5.97 Å². The quantitative estimate of drug-likeness (QED) is 0.579. The van der Waals surface area contributed by atoms with E-state index in [9.17, 15) is 9.90 Å². The highest BCUT2D eigenvalue weighted by Crippen LogP contribution is 2.32. The van der Waals surface area contributed by atoms with Gasteiger partial charge in [0.15, 0.2) is 0 Å². The predicted molar refractivity (Wildman–Crippen MR) is 58.4 cm³/mol. The molecule has 3 heteroatoms. The number of hydrogen-bond donors (Lipinski definition) is 1. The van der Waals surface area contributed by atoms with Crippen LogP contribution in [0.25, 0.3) is 0 Å². The standard InChI is InChI=1S/C12H22O3/c1-3-15-11(13)9-12(14)7-4-5-10(2)6-8-12/h10,14H,3-9H2,1-2H3. The van der Waals surface area contributed by atoms with Gasteiger partial charge in [-0.1, -0.05) is 19.8 Å². The van der Waals surface area contributed by atoms with Crippen molar-refractivity contribution in [2.45, 2.75) is 58.0 Å². The molecule has 1 aliphatic carbocycles. The van der Waals surface area contributed by atoms with Crippen LogP contribution in [-0.2, 0) is 9.53 Å². The molecule has 0 saturated heterocycles. The van der Waals surface area contributed by atoms with Gasteiger partial charge in [-0.3, -0.25) is 4.79 Å². The van der Waals surface area contributed by atoms with E-state index in [1.807, 2.05) is 0 Å². The highest BCUT2D eigenvalue weighted by Gasteiger charge is 2.32. The summed E-state index contributed by atoms with van der Waals surface area (Å²) in [6.07, 6.45) is 4.80. The SMILES string of the molecule is CCOC(=O)CC1(O)CCCC(C)CC1. The molecule has 0 radical (unpaired) electrons. The zero-order valence-electron chi connectivity index (χ0n) is 9.79. The molecule has 1 N–H and O–H groups in total. The van der Waals surface area contributed by atoms with E-state index in [-0.39, 0.29) is 12.4 Å². The Morgan fingerprint density at radius 3 is 2.87 bits per heavy atom. The minimum Gasteiger partial charge on any atom is -0.466 e. The summed E-state index contributed by atoms with van der Waals surface area (Å²) in [6.45, 7) is 4.39. The van der Waals surface area contributed by atoms with Gasteiger partial charge in [0.1, 0.15) is 0 Å². The van der Waals surface area contributed by atoms with Crippen molar-refractivity contribution >= 4 is 5.97 Å². The number of ether oxygens (including phenoxy) is 1. The lowest BCUT2D eigenvalue weighted by Crippen LogP contribution is -2.31. The van der Waals surface area contributed by atoms with Crippen molar-refractivity contribution in [1.29, 1.82) is 0 Å². The number of esters is 1. The predicted octanol–water partition coefficient (Wildman–Crippen LogP) is 2.27. The van der Waals surface area contributed by atoms with Gasteiger partial charge in [-0.15, -0.1) is 0 Å². The fourth-order valence-electron chi connectivity index (χ4n) is 2.22. The van der Waals surface area contributed by atoms with E-state index in [1.54, 1.807) is 6.92 Å². The van der Waals surface area contributed by atoms with Gasteiger partial charge in [0.05, 0.1) is 18.6 Å². The highest BCUT2D eigenvalue weighted by atomic mass is 16.5. The molecule has 1 fully saturated rings. The number of aliphatic hydroxyl groups is 1. The Kier molecular flexibility index (Phi) is 4.58. The van der Waals surface area contributed by atoms with Crippen LogP contribution < -0.4 is 0 Å². The molecule has 0 spiro atoms. The van der Waals surface area contributed by atoms with Gasteiger partial charge in [0.2, 0.25) is 0 Å². The minimum absolute atomic E-state index is 0.160. The third kappa shape index (κ3) is 4.20. The van der Waals surface area contributed by atoms with E-state index in [4.69, 9.17) is 4.74 Å². The second-order valence-corrected chi connectivity index (χ2v) is 4.74. The third-order valence-electron chi connectivity index (χ3n) is 3.22. The first-order valence-electron chi connectivity index (χ1n) is 5.94. The summed E-state index contributed by atoms with van der Waals surface area (Å²) >= 11 is 0. The Balaban J connectivity index is 2.46. The van der Waals surface area contributed by atoms with Gasteiger partial charge < -0.3 is 9.84 Å². The van der Waals surface area contributed by atoms with E-state index in [2.05, 4.69) is 6.92 Å². The summed E-state index contributed by atoms with van der Waals surface area (Å²) in [6, 6.07) is 0. The third-order valence-corrected chi connectivity index (χ3v) is 3.22. The molecule has 0 heterocycles. The summed E-state index contributed by atoms with van der Waals surface area (Å²) in [7, 11) is 0. The van der Waals surface area contributed by atoms with Crippen molar-refractivity contribution in [3.05, 3.63) is 0 Å². The molecule has 15 heavy (non-hydrogen) atoms. The monoisotopic (exact) mass is 214 g/mol. The summed E-state index contributed by atoms with van der Waals surface area (Å²) < 4.78 is 4.88. The lowest BCUT2D eigenvalue weighted by molar-refractivity contribution is -0.149. The smallest absolute Gasteiger partial charge is 0.308 e. The molecule has 0 aromatic rings. The van der Waals surface area contributed by atoms with Crippen LogP contribution >= 0.6 is 0 Å². The van der Waals surface area contributed by atoms with Crippen molar-refractivity contribution in [3.63, 3.8) is 0 Å². The van der Waals surface area contributed by atoms with E-state index < -0.39 is 5.60 Å². The Morgan fingerprint density at radius 1 is 1.47 bits per heavy atom. The van der Waals surface area contributed by atoms with Crippen LogP contribution in [0.15, 0.2) is 0 Å². The second-order valence-electron chi connectivity index (χ2n) is 4.74. The van der Waals surface area contributed by atoms with E-state index in [0.717, 1.165) is 32.1 Å². The second kappa shape index (κ2) is 5.50. The molecular formula is C12H22O3. The van der Waals surface area contributed by atoms with Crippen LogP contribution in [0.5, 0.6) is 0 Å². The summed E-state index contributed by atoms with van der Waals surface area (Å²) in [5, 5.41) is 10.3. The van der Waals surface area contributed by atoms with Crippen LogP contribution in [0, 0.1) is 5.92 Å². The lowest BCUT2D eigenvalue weighted by atomic mass is 9.90. The van der Waals surface area contributed by atoms with Gasteiger partial charge in [-0.2, -0.15) is 0 Å². The fraction of sp³-hybridized carbons (Fsp3) is 0.917. The molecular weight excluding hydrogens is 192 g/mol. The van der Waals surface area contributed by atoms with Gasteiger partial charge in [0, 0.05) is 0 Å². The lowest BCUT2D eigenvalue weighted by Gasteiger charge is -2.25. The van der Waals surface area contributed by atoms with Gasteiger partial charge in [0.25, 0.3) is 0 Å². The van der Waals surface area contributed by atoms with Crippen molar-refractivity contribution in [1.82, 2.24) is 0 Å². The van der Waals surface area contributed by atoms with Crippen molar-refractivity contribution < 1.29 is 14.6 Å². The molecule has 0 aliphatic heterocycles. The molecule has 0 aromatic heterocycles. The molecule has 2 unspecified atom stereocenters. The average molecular weight is 214 g/mol. The van der Waals surface area contributed by atoms with Crippen molar-refractivity contribution in [2.75, 3.05) is 6.61 Å². The summed E-state index contributed by atoms with van der Waals surface area (Å²) in [4.78, 5) is 11.3. The minimum atomic E-state index is -0.809. The number of hydrogen-bond acceptors (Lipinski definition) is 3. The normalized spacial score (nSPS) is 32.1. The molecule has 1 saturated carbocycles. The molecule has 1 aliphatic rings. The number of carbonyl (C=O) groups is 1. The molecule has 0 aromatic carbocycles.